The molecule has 0 unspecified atom stereocenters. The molecule has 0 aliphatic rings. The third-order valence-electron chi connectivity index (χ3n) is 21.4. The Balaban J connectivity index is 1.84. The number of rotatable bonds is 132. The van der Waals surface area contributed by atoms with Gasteiger partial charge in [-0.25, -0.2) is 4.79 Å². The first-order valence-electron chi connectivity index (χ1n) is 55.4. The van der Waals surface area contributed by atoms with E-state index in [1.54, 1.807) is 12.1 Å². The minimum Gasteiger partial charge on any atom is -0.490 e. The van der Waals surface area contributed by atoms with Crippen molar-refractivity contribution in [2.75, 3.05) is 443 Å². The molecule has 0 amide bonds. The fourth-order valence-corrected chi connectivity index (χ4v) is 13.4. The van der Waals surface area contributed by atoms with Gasteiger partial charge in [0.1, 0.15) is 6.61 Å². The van der Waals surface area contributed by atoms with Crippen molar-refractivity contribution < 1.29 is 176 Å². The molecule has 0 saturated carbocycles. The molecule has 1 aromatic carbocycles. The van der Waals surface area contributed by atoms with Crippen LogP contribution in [0.25, 0.3) is 0 Å². The standard InChI is InChI=1S/C107H206O37/c1-4-7-10-13-16-19-22-25-28-31-35-141-104-101-103(102-105(142-36-32-29-26-23-20-17-14-11-8-5-2)106(104)143-37-33-30-27-24-21-18-15-12-9-6-3)107(109)144-100-99-140-98-97-139-96-95-138-94-93-137-92-91-136-90-89-135-88-87-134-86-85-133-84-83-132-82-81-131-80-79-130-78-77-129-76-75-128-74-73-127-72-71-126-70-69-125-68-67-124-66-65-123-64-63-122-62-61-121-60-59-120-58-57-119-56-55-118-54-53-117-52-51-116-50-49-115-48-47-114-46-45-113-44-43-112-42-41-111-40-39-110-38-34-108/h101-102,108H,4-100H2,1-3H3. The number of esters is 1. The highest BCUT2D eigenvalue weighted by Crippen LogP contribution is 2.40. The molecule has 0 atom stereocenters. The van der Waals surface area contributed by atoms with Gasteiger partial charge in [-0.15, -0.1) is 0 Å². The Labute approximate surface area is 868 Å². The van der Waals surface area contributed by atoms with E-state index in [9.17, 15) is 4.79 Å². The molecule has 37 nitrogen and oxygen atoms in total. The van der Waals surface area contributed by atoms with Crippen molar-refractivity contribution >= 4 is 5.97 Å². The van der Waals surface area contributed by atoms with Gasteiger partial charge in [0.15, 0.2) is 11.5 Å². The Bertz CT molecular complexity index is 2490. The summed E-state index contributed by atoms with van der Waals surface area (Å²) in [6.07, 6.45) is 37.3. The molecule has 1 N–H and O–H groups in total. The summed E-state index contributed by atoms with van der Waals surface area (Å²) in [5.74, 6) is 1.22. The number of hydrogen-bond donors (Lipinski definition) is 1. The summed E-state index contributed by atoms with van der Waals surface area (Å²) in [5.41, 5.74) is 0.379. The highest BCUT2D eigenvalue weighted by atomic mass is 16.6. The molecule has 0 spiro atoms. The van der Waals surface area contributed by atoms with E-state index in [1.807, 2.05) is 0 Å². The van der Waals surface area contributed by atoms with Gasteiger partial charge in [-0.05, 0) is 31.4 Å². The average Bonchev–Trinajstić information content (AvgIpc) is 0.812. The van der Waals surface area contributed by atoms with E-state index in [-0.39, 0.29) is 19.8 Å². The van der Waals surface area contributed by atoms with Crippen LogP contribution in [0, 0.1) is 0 Å². The Hall–Kier alpha value is -3.19. The summed E-state index contributed by atoms with van der Waals surface area (Å²) < 4.78 is 197. The van der Waals surface area contributed by atoms with Crippen molar-refractivity contribution in [1.29, 1.82) is 0 Å². The van der Waals surface area contributed by atoms with Crippen LogP contribution in [0.15, 0.2) is 12.1 Å². The van der Waals surface area contributed by atoms with Crippen molar-refractivity contribution in [3.63, 3.8) is 0 Å². The summed E-state index contributed by atoms with van der Waals surface area (Å²) in [6.45, 7) is 37.3. The van der Waals surface area contributed by atoms with Gasteiger partial charge in [-0.2, -0.15) is 0 Å². The smallest absolute Gasteiger partial charge is 0.338 e. The van der Waals surface area contributed by atoms with Gasteiger partial charge in [0.2, 0.25) is 5.75 Å². The van der Waals surface area contributed by atoms with Gasteiger partial charge in [0.05, 0.1) is 442 Å². The summed E-state index contributed by atoms with van der Waals surface area (Å²) in [7, 11) is 0. The van der Waals surface area contributed by atoms with E-state index >= 15 is 0 Å². The topological polar surface area (TPSA) is 360 Å². The summed E-state index contributed by atoms with van der Waals surface area (Å²) in [5, 5.41) is 8.64. The Morgan fingerprint density at radius 2 is 0.285 bits per heavy atom. The van der Waals surface area contributed by atoms with Crippen LogP contribution in [-0.4, -0.2) is 454 Å². The van der Waals surface area contributed by atoms with Crippen LogP contribution in [-0.2, 0) is 152 Å². The Morgan fingerprint density at radius 1 is 0.160 bits per heavy atom. The molecule has 144 heavy (non-hydrogen) atoms. The zero-order valence-corrected chi connectivity index (χ0v) is 90.4. The number of aliphatic hydroxyl groups excluding tert-OH is 1. The van der Waals surface area contributed by atoms with Crippen LogP contribution in [0.1, 0.15) is 224 Å². The maximum absolute atomic E-state index is 13.7. The Morgan fingerprint density at radius 3 is 0.431 bits per heavy atom. The first-order valence-corrected chi connectivity index (χ1v) is 55.4. The average molecular weight is 2080 g/mol. The zero-order valence-electron chi connectivity index (χ0n) is 90.4. The fourth-order valence-electron chi connectivity index (χ4n) is 13.4. The Kier molecular flexibility index (Phi) is 122. The zero-order chi connectivity index (χ0) is 103. The lowest BCUT2D eigenvalue weighted by Gasteiger charge is -2.19. The van der Waals surface area contributed by atoms with Gasteiger partial charge >= 0.3 is 5.97 Å². The monoisotopic (exact) mass is 2080 g/mol. The van der Waals surface area contributed by atoms with E-state index in [1.165, 1.54) is 154 Å². The molecule has 0 radical (unpaired) electrons. The van der Waals surface area contributed by atoms with Crippen LogP contribution in [0.4, 0.5) is 0 Å². The van der Waals surface area contributed by atoms with Gasteiger partial charge in [-0.3, -0.25) is 0 Å². The number of ether oxygens (including phenoxy) is 35. The number of unbranched alkanes of at least 4 members (excludes halogenated alkanes) is 27. The van der Waals surface area contributed by atoms with Crippen molar-refractivity contribution in [1.82, 2.24) is 0 Å². The first kappa shape index (κ1) is 139. The molecule has 856 valence electrons. The first-order chi connectivity index (χ1) is 71.7. The number of aliphatic hydroxyl groups is 1. The molecule has 0 bridgehead atoms. The molecular formula is C107H206O37. The lowest BCUT2D eigenvalue weighted by molar-refractivity contribution is -0.0325. The largest absolute Gasteiger partial charge is 0.490 e. The predicted molar refractivity (Wildman–Crippen MR) is 551 cm³/mol. The lowest BCUT2D eigenvalue weighted by Crippen LogP contribution is -2.16. The summed E-state index contributed by atoms with van der Waals surface area (Å²) >= 11 is 0. The third-order valence-corrected chi connectivity index (χ3v) is 21.4. The van der Waals surface area contributed by atoms with Crippen molar-refractivity contribution in [2.24, 2.45) is 0 Å². The van der Waals surface area contributed by atoms with Crippen LogP contribution >= 0.6 is 0 Å². The SMILES string of the molecule is CCCCCCCCCCCCOc1cc(C(=O)OCCOCCOCCOCCOCCOCCOCCOCCOCCOCCOCCOCCOCCOCCOCCOCCOCCOCCOCCOCCOCCOCCOCCOCCOCCOCCOCCOCCOCCOCCOCCOCCO)cc(OCCCCCCCCCCCC)c1OCCCCCCCCCCCC. The number of benzene rings is 1. The molecule has 0 aliphatic heterocycles. The molecule has 0 saturated heterocycles. The fraction of sp³-hybridized carbons (Fsp3) is 0.935. The van der Waals surface area contributed by atoms with E-state index in [0.29, 0.717) is 446 Å². The molecule has 1 rings (SSSR count). The third kappa shape index (κ3) is 113. The van der Waals surface area contributed by atoms with Gasteiger partial charge < -0.3 is 171 Å². The van der Waals surface area contributed by atoms with Crippen LogP contribution in [0.2, 0.25) is 0 Å². The molecule has 1 aromatic rings. The van der Waals surface area contributed by atoms with Crippen LogP contribution in [0.5, 0.6) is 17.2 Å². The maximum atomic E-state index is 13.7. The van der Waals surface area contributed by atoms with Crippen LogP contribution < -0.4 is 14.2 Å². The van der Waals surface area contributed by atoms with E-state index in [0.717, 1.165) is 38.5 Å². The quantitative estimate of drug-likeness (QED) is 0.0467. The highest BCUT2D eigenvalue weighted by molar-refractivity contribution is 5.91. The highest BCUT2D eigenvalue weighted by Gasteiger charge is 2.21. The predicted octanol–water partition coefficient (Wildman–Crippen LogP) is 14.2. The van der Waals surface area contributed by atoms with Crippen molar-refractivity contribution in [2.45, 2.75) is 213 Å². The second-order valence-corrected chi connectivity index (χ2v) is 33.7. The summed E-state index contributed by atoms with van der Waals surface area (Å²) in [4.78, 5) is 13.7. The lowest BCUT2D eigenvalue weighted by atomic mass is 10.1. The second-order valence-electron chi connectivity index (χ2n) is 33.7. The molecule has 0 fully saturated rings. The van der Waals surface area contributed by atoms with Crippen molar-refractivity contribution in [3.05, 3.63) is 17.7 Å². The number of carbonyl (C=O) groups excluding carboxylic acids is 1. The number of hydrogen-bond acceptors (Lipinski definition) is 37. The molecular weight excluding hydrogens is 1880 g/mol. The van der Waals surface area contributed by atoms with Gasteiger partial charge in [0.25, 0.3) is 0 Å². The van der Waals surface area contributed by atoms with Crippen LogP contribution in [0.3, 0.4) is 0 Å². The normalized spacial score (nSPS) is 11.7. The second kappa shape index (κ2) is 127. The molecule has 37 heteroatoms. The number of carbonyl (C=O) groups is 1. The van der Waals surface area contributed by atoms with E-state index in [2.05, 4.69) is 20.8 Å². The maximum Gasteiger partial charge on any atom is 0.338 e. The molecule has 0 aliphatic carbocycles. The van der Waals surface area contributed by atoms with Gasteiger partial charge in [-0.1, -0.05) is 194 Å². The molecule has 0 aromatic heterocycles. The van der Waals surface area contributed by atoms with E-state index < -0.39 is 5.97 Å². The minimum atomic E-state index is -0.454. The van der Waals surface area contributed by atoms with Crippen molar-refractivity contribution in [3.8, 4) is 17.2 Å². The minimum absolute atomic E-state index is 0.0148. The van der Waals surface area contributed by atoms with Gasteiger partial charge in [0, 0.05) is 0 Å². The molecule has 0 heterocycles. The summed E-state index contributed by atoms with van der Waals surface area (Å²) in [6, 6.07) is 3.55. The van der Waals surface area contributed by atoms with E-state index in [4.69, 9.17) is 171 Å².